The lowest BCUT2D eigenvalue weighted by Crippen LogP contribution is -2.28. The molecule has 0 atom stereocenters. The summed E-state index contributed by atoms with van der Waals surface area (Å²) in [6.07, 6.45) is 2.62. The topological polar surface area (TPSA) is 78.0 Å². The SMILES string of the molecule is NC(=O)Cn1cncc(Br)c1=O. The van der Waals surface area contributed by atoms with E-state index >= 15 is 0 Å². The molecular formula is C6H6BrN3O2. The van der Waals surface area contributed by atoms with Gasteiger partial charge in [-0.05, 0) is 15.9 Å². The van der Waals surface area contributed by atoms with Crippen LogP contribution in [0.4, 0.5) is 0 Å². The monoisotopic (exact) mass is 231 g/mol. The molecule has 1 aromatic heterocycles. The summed E-state index contributed by atoms with van der Waals surface area (Å²) in [7, 11) is 0. The summed E-state index contributed by atoms with van der Waals surface area (Å²) in [6, 6.07) is 0. The fraction of sp³-hybridized carbons (Fsp3) is 0.167. The molecule has 1 rings (SSSR count). The molecule has 64 valence electrons. The van der Waals surface area contributed by atoms with Gasteiger partial charge in [-0.3, -0.25) is 14.2 Å². The standard InChI is InChI=1S/C6H6BrN3O2/c7-4-1-9-3-10(6(4)12)2-5(8)11/h1,3H,2H2,(H2,8,11). The second-order valence-electron chi connectivity index (χ2n) is 2.14. The van der Waals surface area contributed by atoms with E-state index in [2.05, 4.69) is 20.9 Å². The van der Waals surface area contributed by atoms with Crippen molar-refractivity contribution in [1.29, 1.82) is 0 Å². The van der Waals surface area contributed by atoms with E-state index in [1.807, 2.05) is 0 Å². The van der Waals surface area contributed by atoms with Crippen LogP contribution in [0.5, 0.6) is 0 Å². The Balaban J connectivity index is 3.09. The van der Waals surface area contributed by atoms with Gasteiger partial charge in [0, 0.05) is 6.20 Å². The molecule has 0 radical (unpaired) electrons. The zero-order valence-electron chi connectivity index (χ0n) is 6.03. The Morgan fingerprint density at radius 2 is 2.42 bits per heavy atom. The highest BCUT2D eigenvalue weighted by molar-refractivity contribution is 9.10. The number of hydrogen-bond donors (Lipinski definition) is 1. The van der Waals surface area contributed by atoms with Crippen molar-refractivity contribution in [3.05, 3.63) is 27.4 Å². The van der Waals surface area contributed by atoms with E-state index < -0.39 is 5.91 Å². The number of primary amides is 1. The van der Waals surface area contributed by atoms with Gasteiger partial charge in [-0.25, -0.2) is 4.98 Å². The number of nitrogens with zero attached hydrogens (tertiary/aromatic N) is 2. The normalized spacial score (nSPS) is 9.75. The van der Waals surface area contributed by atoms with E-state index in [-0.39, 0.29) is 12.1 Å². The molecule has 0 bridgehead atoms. The maximum absolute atomic E-state index is 11.2. The van der Waals surface area contributed by atoms with Gasteiger partial charge in [-0.1, -0.05) is 0 Å². The van der Waals surface area contributed by atoms with E-state index in [4.69, 9.17) is 5.73 Å². The van der Waals surface area contributed by atoms with Crippen LogP contribution in [0.3, 0.4) is 0 Å². The van der Waals surface area contributed by atoms with Gasteiger partial charge in [-0.2, -0.15) is 0 Å². The van der Waals surface area contributed by atoms with Crippen LogP contribution < -0.4 is 11.3 Å². The first kappa shape index (κ1) is 8.92. The minimum absolute atomic E-state index is 0.148. The van der Waals surface area contributed by atoms with Crippen LogP contribution in [0.25, 0.3) is 0 Å². The van der Waals surface area contributed by atoms with Crippen LogP contribution in [0.1, 0.15) is 0 Å². The lowest BCUT2D eigenvalue weighted by atomic mass is 10.5. The highest BCUT2D eigenvalue weighted by Crippen LogP contribution is 1.97. The van der Waals surface area contributed by atoms with Gasteiger partial charge in [-0.15, -0.1) is 0 Å². The molecule has 12 heavy (non-hydrogen) atoms. The third-order valence-electron chi connectivity index (χ3n) is 1.19. The number of carbonyl (C=O) groups is 1. The number of aromatic nitrogens is 2. The minimum atomic E-state index is -0.572. The Morgan fingerprint density at radius 3 is 3.00 bits per heavy atom. The molecule has 1 aromatic rings. The highest BCUT2D eigenvalue weighted by Gasteiger charge is 2.02. The van der Waals surface area contributed by atoms with E-state index in [1.54, 1.807) is 0 Å². The van der Waals surface area contributed by atoms with Crippen molar-refractivity contribution in [2.45, 2.75) is 6.54 Å². The van der Waals surface area contributed by atoms with Crippen molar-refractivity contribution in [2.24, 2.45) is 5.73 Å². The van der Waals surface area contributed by atoms with E-state index in [0.29, 0.717) is 4.47 Å². The zero-order chi connectivity index (χ0) is 9.14. The number of amides is 1. The zero-order valence-corrected chi connectivity index (χ0v) is 7.61. The predicted octanol–water partition coefficient (Wildman–Crippen LogP) is -0.509. The quantitative estimate of drug-likeness (QED) is 0.745. The van der Waals surface area contributed by atoms with Crippen LogP contribution >= 0.6 is 15.9 Å². The van der Waals surface area contributed by atoms with Crippen LogP contribution in [0.15, 0.2) is 21.8 Å². The Kier molecular flexibility index (Phi) is 2.59. The summed E-state index contributed by atoms with van der Waals surface area (Å²) in [5.74, 6) is -0.572. The largest absolute Gasteiger partial charge is 0.368 e. The number of nitrogens with two attached hydrogens (primary N) is 1. The maximum atomic E-state index is 11.2. The number of rotatable bonds is 2. The van der Waals surface area contributed by atoms with Crippen LogP contribution in [0.2, 0.25) is 0 Å². The molecule has 0 saturated carbocycles. The van der Waals surface area contributed by atoms with Crippen molar-refractivity contribution in [3.63, 3.8) is 0 Å². The van der Waals surface area contributed by atoms with Crippen molar-refractivity contribution >= 4 is 21.8 Å². The number of carbonyl (C=O) groups excluding carboxylic acids is 1. The van der Waals surface area contributed by atoms with Crippen molar-refractivity contribution in [3.8, 4) is 0 Å². The Labute approximate surface area is 76.3 Å². The van der Waals surface area contributed by atoms with Gasteiger partial charge in [0.15, 0.2) is 0 Å². The lowest BCUT2D eigenvalue weighted by molar-refractivity contribution is -0.118. The average Bonchev–Trinajstić information content (AvgIpc) is 1.98. The molecule has 0 unspecified atom stereocenters. The lowest BCUT2D eigenvalue weighted by Gasteiger charge is -2.00. The summed E-state index contributed by atoms with van der Waals surface area (Å²) < 4.78 is 1.44. The molecule has 0 aliphatic carbocycles. The highest BCUT2D eigenvalue weighted by atomic mass is 79.9. The summed E-state index contributed by atoms with van der Waals surface area (Å²) in [5, 5.41) is 0. The molecule has 0 aliphatic rings. The molecule has 0 fully saturated rings. The molecule has 5 nitrogen and oxygen atoms in total. The molecule has 0 aliphatic heterocycles. The summed E-state index contributed by atoms with van der Waals surface area (Å²) in [5.41, 5.74) is 4.59. The fourth-order valence-corrected chi connectivity index (χ4v) is 1.05. The fourth-order valence-electron chi connectivity index (χ4n) is 0.705. The minimum Gasteiger partial charge on any atom is -0.368 e. The van der Waals surface area contributed by atoms with Crippen LogP contribution in [-0.2, 0) is 11.3 Å². The third-order valence-corrected chi connectivity index (χ3v) is 1.73. The first-order chi connectivity index (χ1) is 5.61. The van der Waals surface area contributed by atoms with Crippen LogP contribution in [0, 0.1) is 0 Å². The number of halogens is 1. The van der Waals surface area contributed by atoms with Crippen LogP contribution in [-0.4, -0.2) is 15.5 Å². The van der Waals surface area contributed by atoms with Gasteiger partial charge in [0.25, 0.3) is 5.56 Å². The second-order valence-corrected chi connectivity index (χ2v) is 3.00. The van der Waals surface area contributed by atoms with Gasteiger partial charge in [0.1, 0.15) is 11.0 Å². The van der Waals surface area contributed by atoms with Gasteiger partial charge >= 0.3 is 0 Å². The van der Waals surface area contributed by atoms with E-state index in [1.165, 1.54) is 12.5 Å². The molecule has 1 amide bonds. The van der Waals surface area contributed by atoms with E-state index in [0.717, 1.165) is 4.57 Å². The Morgan fingerprint density at radius 1 is 1.75 bits per heavy atom. The first-order valence-corrected chi connectivity index (χ1v) is 3.89. The molecule has 0 saturated heterocycles. The Hall–Kier alpha value is -1.17. The van der Waals surface area contributed by atoms with Gasteiger partial charge in [0.05, 0.1) is 6.33 Å². The van der Waals surface area contributed by atoms with Crippen molar-refractivity contribution in [1.82, 2.24) is 9.55 Å². The smallest absolute Gasteiger partial charge is 0.268 e. The molecule has 0 aromatic carbocycles. The first-order valence-electron chi connectivity index (χ1n) is 3.09. The molecular weight excluding hydrogens is 226 g/mol. The van der Waals surface area contributed by atoms with Crippen molar-refractivity contribution in [2.75, 3.05) is 0 Å². The molecule has 0 spiro atoms. The van der Waals surface area contributed by atoms with Crippen molar-refractivity contribution < 1.29 is 4.79 Å². The maximum Gasteiger partial charge on any atom is 0.268 e. The summed E-state index contributed by atoms with van der Waals surface area (Å²) in [6.45, 7) is -0.148. The summed E-state index contributed by atoms with van der Waals surface area (Å²) >= 11 is 2.99. The van der Waals surface area contributed by atoms with E-state index in [9.17, 15) is 9.59 Å². The molecule has 2 N–H and O–H groups in total. The van der Waals surface area contributed by atoms with Gasteiger partial charge in [0.2, 0.25) is 5.91 Å². The second kappa shape index (κ2) is 3.48. The molecule has 6 heteroatoms. The predicted molar refractivity (Wildman–Crippen MR) is 45.4 cm³/mol. The molecule has 1 heterocycles. The summed E-state index contributed by atoms with van der Waals surface area (Å²) in [4.78, 5) is 25.3. The number of hydrogen-bond acceptors (Lipinski definition) is 3. The van der Waals surface area contributed by atoms with Gasteiger partial charge < -0.3 is 5.73 Å². The average molecular weight is 232 g/mol. The Bertz CT molecular complexity index is 360. The third kappa shape index (κ3) is 1.91.